The van der Waals surface area contributed by atoms with Gasteiger partial charge in [-0.05, 0) is 35.9 Å². The quantitative estimate of drug-likeness (QED) is 0.0920. The molecule has 2 aliphatic rings. The van der Waals surface area contributed by atoms with Crippen LogP contribution in [-0.4, -0.2) is 57.8 Å². The van der Waals surface area contributed by atoms with Crippen molar-refractivity contribution in [3.63, 3.8) is 0 Å². The number of fused-ring (bicyclic) bond motifs is 4. The molecule has 0 aromatic heterocycles. The second-order valence-corrected chi connectivity index (χ2v) is 11.8. The van der Waals surface area contributed by atoms with Crippen LogP contribution in [-0.2, 0) is 14.4 Å². The second kappa shape index (κ2) is 16.6. The molecule has 4 aromatic carbocycles. The van der Waals surface area contributed by atoms with Gasteiger partial charge in [-0.25, -0.2) is 0 Å². The Morgan fingerprint density at radius 1 is 0.520 bits per heavy atom. The van der Waals surface area contributed by atoms with Crippen molar-refractivity contribution in [2.24, 2.45) is 0 Å². The fourth-order valence-corrected chi connectivity index (χ4v) is 5.64. The number of hydrogen-bond donors (Lipinski definition) is 4. The van der Waals surface area contributed by atoms with E-state index in [1.165, 1.54) is 24.3 Å². The lowest BCUT2D eigenvalue weighted by atomic mass is 9.82. The molecule has 6 rings (SSSR count). The van der Waals surface area contributed by atoms with Gasteiger partial charge in [-0.3, -0.25) is 33.6 Å². The Bertz CT molecular complexity index is 1950. The number of alkyl halides is 3. The Hall–Kier alpha value is -5.07. The molecule has 2 aliphatic carbocycles. The number of rotatable bonds is 6. The molecule has 0 atom stereocenters. The van der Waals surface area contributed by atoms with E-state index in [4.69, 9.17) is 57.9 Å². The SMILES string of the molecule is Nc1ccc(N)c2c1C(=O)c1ccccc1C2=O.O=C(CCl)Nc1ccc(NC(=O)CCl)c2c1C(=O)c1ccccc1C2=O.O=C(Cl)CCCl. The van der Waals surface area contributed by atoms with Crippen molar-refractivity contribution in [1.29, 1.82) is 0 Å². The number of anilines is 4. The van der Waals surface area contributed by atoms with Gasteiger partial charge in [-0.2, -0.15) is 0 Å². The largest absolute Gasteiger partial charge is 0.398 e. The molecule has 6 N–H and O–H groups in total. The lowest BCUT2D eigenvalue weighted by Gasteiger charge is -2.23. The maximum absolute atomic E-state index is 13.0. The van der Waals surface area contributed by atoms with Crippen molar-refractivity contribution >= 4 is 109 Å². The lowest BCUT2D eigenvalue weighted by molar-refractivity contribution is -0.114. The zero-order valence-corrected chi connectivity index (χ0v) is 28.8. The summed E-state index contributed by atoms with van der Waals surface area (Å²) in [7, 11) is 0. The molecule has 0 heterocycles. The zero-order valence-electron chi connectivity index (χ0n) is 25.8. The number of benzene rings is 4. The average Bonchev–Trinajstić information content (AvgIpc) is 3.11. The van der Waals surface area contributed by atoms with Crippen LogP contribution in [0, 0.1) is 0 Å². The topological polar surface area (TPSA) is 196 Å². The van der Waals surface area contributed by atoms with E-state index in [1.54, 1.807) is 48.5 Å². The minimum absolute atomic E-state index is 0.0135. The van der Waals surface area contributed by atoms with Crippen molar-refractivity contribution in [2.75, 3.05) is 39.7 Å². The molecule has 0 saturated carbocycles. The van der Waals surface area contributed by atoms with Crippen LogP contribution in [0.5, 0.6) is 0 Å². The van der Waals surface area contributed by atoms with Crippen LogP contribution in [0.15, 0.2) is 72.8 Å². The number of carbonyl (C=O) groups excluding carboxylic acids is 7. The third-order valence-corrected chi connectivity index (χ3v) is 8.16. The van der Waals surface area contributed by atoms with Crippen LogP contribution in [0.4, 0.5) is 22.7 Å². The van der Waals surface area contributed by atoms with E-state index < -0.39 is 23.4 Å². The first-order valence-corrected chi connectivity index (χ1v) is 16.5. The molecule has 0 saturated heterocycles. The summed E-state index contributed by atoms with van der Waals surface area (Å²) in [5.41, 5.74) is 14.2. The maximum atomic E-state index is 13.0. The van der Waals surface area contributed by atoms with E-state index in [-0.39, 0.29) is 91.1 Å². The van der Waals surface area contributed by atoms with Crippen LogP contribution in [0.25, 0.3) is 0 Å². The van der Waals surface area contributed by atoms with Gasteiger partial charge in [0, 0.05) is 45.9 Å². The van der Waals surface area contributed by atoms with Gasteiger partial charge in [0.1, 0.15) is 11.8 Å². The van der Waals surface area contributed by atoms with E-state index in [2.05, 4.69) is 10.6 Å². The molecule has 0 unspecified atom stereocenters. The van der Waals surface area contributed by atoms with E-state index in [9.17, 15) is 33.6 Å². The van der Waals surface area contributed by atoms with E-state index in [1.807, 2.05) is 0 Å². The molecule has 0 radical (unpaired) electrons. The van der Waals surface area contributed by atoms with Gasteiger partial charge in [0.25, 0.3) is 0 Å². The average molecular weight is 756 g/mol. The summed E-state index contributed by atoms with van der Waals surface area (Å²) in [4.78, 5) is 83.7. The van der Waals surface area contributed by atoms with Gasteiger partial charge in [-0.15, -0.1) is 34.8 Å². The fraction of sp³-hybridized carbons (Fsp3) is 0.114. The molecular formula is C35H26Cl4N4O7. The minimum Gasteiger partial charge on any atom is -0.398 e. The fourth-order valence-electron chi connectivity index (χ4n) is 5.15. The van der Waals surface area contributed by atoms with Gasteiger partial charge >= 0.3 is 0 Å². The molecule has 0 bridgehead atoms. The van der Waals surface area contributed by atoms with E-state index >= 15 is 0 Å². The maximum Gasteiger partial charge on any atom is 0.239 e. The van der Waals surface area contributed by atoms with Gasteiger partial charge in [0.15, 0.2) is 23.1 Å². The summed E-state index contributed by atoms with van der Waals surface area (Å²) in [6.45, 7) is 0. The summed E-state index contributed by atoms with van der Waals surface area (Å²) >= 11 is 21.0. The van der Waals surface area contributed by atoms with Crippen LogP contribution in [0.1, 0.15) is 70.1 Å². The zero-order chi connectivity index (χ0) is 36.7. The van der Waals surface area contributed by atoms with Crippen molar-refractivity contribution < 1.29 is 33.6 Å². The van der Waals surface area contributed by atoms with Crippen molar-refractivity contribution in [3.8, 4) is 0 Å². The standard InChI is InChI=1S/C18H12Cl2N2O4.C14H10N2O2.C3H4Cl2O/c19-7-13(23)21-11-5-6-12(22-14(24)8-20)16-15(11)17(25)9-3-1-2-4-10(9)18(16)26;15-9-5-6-10(16)12-11(9)13(17)7-3-1-2-4-8(7)14(12)18;4-2-1-3(5)6/h1-6H,7-8H2,(H,21,23)(H,22,24);1-6H,15-16H2;1-2H2. The first kappa shape index (κ1) is 37.7. The van der Waals surface area contributed by atoms with Crippen LogP contribution in [0.2, 0.25) is 0 Å². The Labute approximate surface area is 305 Å². The molecule has 256 valence electrons. The summed E-state index contributed by atoms with van der Waals surface area (Å²) in [5.74, 6) is -2.69. The van der Waals surface area contributed by atoms with E-state index in [0.29, 0.717) is 17.0 Å². The molecule has 0 fully saturated rings. The number of nitrogens with two attached hydrogens (primary N) is 2. The molecule has 11 nitrogen and oxygen atoms in total. The molecule has 0 spiro atoms. The van der Waals surface area contributed by atoms with Gasteiger partial charge in [0.2, 0.25) is 17.1 Å². The van der Waals surface area contributed by atoms with E-state index in [0.717, 1.165) is 0 Å². The van der Waals surface area contributed by atoms with Gasteiger partial charge < -0.3 is 22.1 Å². The number of hydrogen-bond acceptors (Lipinski definition) is 9. The normalized spacial score (nSPS) is 12.1. The predicted octanol–water partition coefficient (Wildman–Crippen LogP) is 5.82. The van der Waals surface area contributed by atoms with Crippen LogP contribution < -0.4 is 22.1 Å². The van der Waals surface area contributed by atoms with Crippen molar-refractivity contribution in [1.82, 2.24) is 0 Å². The number of nitrogens with one attached hydrogen (secondary N) is 2. The third kappa shape index (κ3) is 7.87. The molecule has 50 heavy (non-hydrogen) atoms. The Kier molecular flexibility index (Phi) is 12.5. The Morgan fingerprint density at radius 2 is 0.840 bits per heavy atom. The highest BCUT2D eigenvalue weighted by Gasteiger charge is 2.35. The number of halogens is 4. The molecule has 2 amide bonds. The predicted molar refractivity (Wildman–Crippen MR) is 193 cm³/mol. The number of amides is 2. The van der Waals surface area contributed by atoms with Gasteiger partial charge in [0.05, 0.1) is 33.6 Å². The molecular weight excluding hydrogens is 730 g/mol. The van der Waals surface area contributed by atoms with Crippen molar-refractivity contribution in [2.45, 2.75) is 6.42 Å². The summed E-state index contributed by atoms with van der Waals surface area (Å²) < 4.78 is 0. The highest BCUT2D eigenvalue weighted by molar-refractivity contribution is 6.63. The smallest absolute Gasteiger partial charge is 0.239 e. The summed E-state index contributed by atoms with van der Waals surface area (Å²) in [6, 6.07) is 19.0. The second-order valence-electron chi connectivity index (χ2n) is 10.5. The number of ketones is 4. The highest BCUT2D eigenvalue weighted by atomic mass is 35.5. The Morgan fingerprint density at radius 3 is 1.10 bits per heavy atom. The minimum atomic E-state index is -0.523. The highest BCUT2D eigenvalue weighted by Crippen LogP contribution is 2.37. The monoisotopic (exact) mass is 754 g/mol. The van der Waals surface area contributed by atoms with Crippen LogP contribution >= 0.6 is 46.4 Å². The van der Waals surface area contributed by atoms with Gasteiger partial charge in [-0.1, -0.05) is 48.5 Å². The first-order chi connectivity index (χ1) is 23.9. The Balaban J connectivity index is 0.000000202. The lowest BCUT2D eigenvalue weighted by Crippen LogP contribution is -2.26. The molecule has 15 heteroatoms. The first-order valence-electron chi connectivity index (χ1n) is 14.5. The van der Waals surface area contributed by atoms with Crippen LogP contribution in [0.3, 0.4) is 0 Å². The summed E-state index contributed by atoms with van der Waals surface area (Å²) in [6.07, 6.45) is 0.267. The molecule has 4 aromatic rings. The van der Waals surface area contributed by atoms with Crippen molar-refractivity contribution in [3.05, 3.63) is 117 Å². The number of carbonyl (C=O) groups is 7. The summed E-state index contributed by atoms with van der Waals surface area (Å²) in [5, 5.41) is 4.66. The molecule has 0 aliphatic heterocycles. The number of nitrogen functional groups attached to an aromatic ring is 2. The third-order valence-electron chi connectivity index (χ3n) is 7.30.